The Hall–Kier alpha value is -3.08. The number of rotatable bonds is 9. The van der Waals surface area contributed by atoms with Crippen molar-refractivity contribution in [3.63, 3.8) is 0 Å². The molecular formula is C26H32FN5O3S. The Morgan fingerprint density at radius 2 is 1.69 bits per heavy atom. The minimum absolute atomic E-state index is 0.0712. The first kappa shape index (κ1) is 26.0. The highest BCUT2D eigenvalue weighted by molar-refractivity contribution is 7.89. The molecule has 1 N–H and O–H groups in total. The van der Waals surface area contributed by atoms with Crippen molar-refractivity contribution >= 4 is 15.9 Å². The van der Waals surface area contributed by atoms with Crippen LogP contribution in [0.3, 0.4) is 0 Å². The lowest BCUT2D eigenvalue weighted by Crippen LogP contribution is -2.50. The predicted octanol–water partition coefficient (Wildman–Crippen LogP) is 2.83. The van der Waals surface area contributed by atoms with E-state index in [9.17, 15) is 17.6 Å². The second kappa shape index (κ2) is 11.3. The molecule has 8 nitrogen and oxygen atoms in total. The van der Waals surface area contributed by atoms with E-state index in [0.717, 1.165) is 35.6 Å². The Balaban J connectivity index is 1.30. The zero-order valence-electron chi connectivity index (χ0n) is 20.6. The van der Waals surface area contributed by atoms with Crippen molar-refractivity contribution in [2.75, 3.05) is 32.7 Å². The molecule has 1 aliphatic heterocycles. The van der Waals surface area contributed by atoms with Gasteiger partial charge in [0.15, 0.2) is 0 Å². The molecule has 0 bridgehead atoms. The monoisotopic (exact) mass is 513 g/mol. The van der Waals surface area contributed by atoms with Gasteiger partial charge in [0.2, 0.25) is 15.9 Å². The van der Waals surface area contributed by atoms with Crippen molar-refractivity contribution < 1.29 is 17.6 Å². The number of para-hydroxylation sites is 1. The molecule has 1 saturated heterocycles. The molecule has 10 heteroatoms. The Labute approximate surface area is 211 Å². The van der Waals surface area contributed by atoms with E-state index in [4.69, 9.17) is 5.10 Å². The highest BCUT2D eigenvalue weighted by atomic mass is 32.2. The number of sulfonamides is 1. The molecule has 36 heavy (non-hydrogen) atoms. The second-order valence-corrected chi connectivity index (χ2v) is 11.3. The summed E-state index contributed by atoms with van der Waals surface area (Å²) in [5, 5.41) is 7.66. The minimum Gasteiger partial charge on any atom is -0.349 e. The predicted molar refractivity (Wildman–Crippen MR) is 136 cm³/mol. The Bertz CT molecular complexity index is 1270. The molecule has 2 heterocycles. The number of hydrogen-bond donors (Lipinski definition) is 1. The third-order valence-corrected chi connectivity index (χ3v) is 7.98. The molecule has 1 aromatic heterocycles. The van der Waals surface area contributed by atoms with E-state index in [-0.39, 0.29) is 30.4 Å². The lowest BCUT2D eigenvalue weighted by molar-refractivity contribution is -0.122. The van der Waals surface area contributed by atoms with Gasteiger partial charge in [0, 0.05) is 31.9 Å². The highest BCUT2D eigenvalue weighted by Crippen LogP contribution is 2.19. The van der Waals surface area contributed by atoms with Gasteiger partial charge in [-0.1, -0.05) is 32.0 Å². The van der Waals surface area contributed by atoms with Crippen LogP contribution in [0.1, 0.15) is 25.2 Å². The van der Waals surface area contributed by atoms with Gasteiger partial charge in [0.05, 0.1) is 29.4 Å². The van der Waals surface area contributed by atoms with Crippen molar-refractivity contribution in [1.82, 2.24) is 24.3 Å². The molecule has 0 aliphatic carbocycles. The Kier molecular flexibility index (Phi) is 8.17. The average Bonchev–Trinajstić information content (AvgIpc) is 3.26. The van der Waals surface area contributed by atoms with Crippen LogP contribution in [-0.2, 0) is 27.8 Å². The van der Waals surface area contributed by atoms with Gasteiger partial charge in [0.1, 0.15) is 5.82 Å². The topological polar surface area (TPSA) is 87.5 Å². The van der Waals surface area contributed by atoms with Crippen LogP contribution in [0.25, 0.3) is 5.69 Å². The normalized spacial score (nSPS) is 15.3. The van der Waals surface area contributed by atoms with Crippen molar-refractivity contribution in [2.24, 2.45) is 5.92 Å². The largest absolute Gasteiger partial charge is 0.349 e. The fraction of sp³-hybridized carbons (Fsp3) is 0.385. The van der Waals surface area contributed by atoms with Crippen molar-refractivity contribution in [1.29, 1.82) is 0 Å². The van der Waals surface area contributed by atoms with Crippen molar-refractivity contribution in [3.05, 3.63) is 77.9 Å². The van der Waals surface area contributed by atoms with Crippen molar-refractivity contribution in [3.8, 4) is 5.69 Å². The number of amides is 1. The molecule has 0 radical (unpaired) electrons. The number of nitrogens with zero attached hydrogens (tertiary/aromatic N) is 4. The fourth-order valence-electron chi connectivity index (χ4n) is 4.25. The van der Waals surface area contributed by atoms with Gasteiger partial charge in [-0.25, -0.2) is 17.5 Å². The Morgan fingerprint density at radius 1 is 1.03 bits per heavy atom. The van der Waals surface area contributed by atoms with Crippen LogP contribution in [0.2, 0.25) is 0 Å². The van der Waals surface area contributed by atoms with Crippen LogP contribution in [0, 0.1) is 11.7 Å². The standard InChI is InChI=1S/C26H32FN5O3S/c1-20(2)16-24-17-22(29-32(24)23-6-4-3-5-7-23)18-28-26(33)19-30-12-14-31(15-13-30)36(34,35)25-10-8-21(27)9-11-25/h3-11,17,20H,12-16,18-19H2,1-2H3,(H,28,33). The molecule has 0 spiro atoms. The first-order valence-electron chi connectivity index (χ1n) is 12.1. The fourth-order valence-corrected chi connectivity index (χ4v) is 5.67. The van der Waals surface area contributed by atoms with E-state index < -0.39 is 15.8 Å². The van der Waals surface area contributed by atoms with Crippen LogP contribution in [0.4, 0.5) is 4.39 Å². The molecule has 1 aliphatic rings. The number of carbonyl (C=O) groups is 1. The Morgan fingerprint density at radius 3 is 2.33 bits per heavy atom. The molecule has 0 unspecified atom stereocenters. The molecule has 0 saturated carbocycles. The van der Waals surface area contributed by atoms with Gasteiger partial charge in [-0.05, 0) is 54.8 Å². The molecule has 4 rings (SSSR count). The van der Waals surface area contributed by atoms with Gasteiger partial charge in [0.25, 0.3) is 0 Å². The second-order valence-electron chi connectivity index (χ2n) is 9.38. The minimum atomic E-state index is -3.68. The molecule has 2 aromatic carbocycles. The number of hydrogen-bond acceptors (Lipinski definition) is 5. The molecule has 192 valence electrons. The van der Waals surface area contributed by atoms with E-state index in [0.29, 0.717) is 25.6 Å². The number of halogens is 1. The van der Waals surface area contributed by atoms with E-state index >= 15 is 0 Å². The third-order valence-electron chi connectivity index (χ3n) is 6.07. The lowest BCUT2D eigenvalue weighted by Gasteiger charge is -2.33. The van der Waals surface area contributed by atoms with E-state index in [1.165, 1.54) is 16.4 Å². The van der Waals surface area contributed by atoms with Crippen LogP contribution in [0.5, 0.6) is 0 Å². The van der Waals surface area contributed by atoms with Gasteiger partial charge in [-0.2, -0.15) is 9.40 Å². The van der Waals surface area contributed by atoms with Gasteiger partial charge < -0.3 is 5.32 Å². The zero-order valence-corrected chi connectivity index (χ0v) is 21.4. The molecule has 3 aromatic rings. The van der Waals surface area contributed by atoms with Crippen LogP contribution in [0.15, 0.2) is 65.6 Å². The summed E-state index contributed by atoms with van der Waals surface area (Å²) >= 11 is 0. The number of benzene rings is 2. The van der Waals surface area contributed by atoms with E-state index in [2.05, 4.69) is 19.2 Å². The third kappa shape index (κ3) is 6.37. The maximum Gasteiger partial charge on any atom is 0.243 e. The van der Waals surface area contributed by atoms with Crippen molar-refractivity contribution in [2.45, 2.75) is 31.7 Å². The summed E-state index contributed by atoms with van der Waals surface area (Å²) in [7, 11) is -3.68. The van der Waals surface area contributed by atoms with Crippen LogP contribution < -0.4 is 5.32 Å². The van der Waals surface area contributed by atoms with E-state index in [1.54, 1.807) is 0 Å². The quantitative estimate of drug-likeness (QED) is 0.476. The number of carbonyl (C=O) groups excluding carboxylic acids is 1. The van der Waals surface area contributed by atoms with E-state index in [1.807, 2.05) is 46.0 Å². The number of piperazine rings is 1. The van der Waals surface area contributed by atoms with Gasteiger partial charge >= 0.3 is 0 Å². The lowest BCUT2D eigenvalue weighted by atomic mass is 10.1. The average molecular weight is 514 g/mol. The molecule has 1 amide bonds. The smallest absolute Gasteiger partial charge is 0.243 e. The van der Waals surface area contributed by atoms with Crippen LogP contribution in [-0.4, -0.2) is 66.0 Å². The summed E-state index contributed by atoms with van der Waals surface area (Å²) in [6.07, 6.45) is 0.876. The summed E-state index contributed by atoms with van der Waals surface area (Å²) in [4.78, 5) is 14.6. The first-order valence-corrected chi connectivity index (χ1v) is 13.5. The number of aromatic nitrogens is 2. The summed E-state index contributed by atoms with van der Waals surface area (Å²) < 4.78 is 42.0. The summed E-state index contributed by atoms with van der Waals surface area (Å²) in [6.45, 7) is 6.25. The summed E-state index contributed by atoms with van der Waals surface area (Å²) in [6, 6.07) is 16.8. The highest BCUT2D eigenvalue weighted by Gasteiger charge is 2.29. The maximum absolute atomic E-state index is 13.2. The summed E-state index contributed by atoms with van der Waals surface area (Å²) in [5.74, 6) is -0.144. The maximum atomic E-state index is 13.2. The summed E-state index contributed by atoms with van der Waals surface area (Å²) in [5.41, 5.74) is 2.87. The molecule has 0 atom stereocenters. The van der Waals surface area contributed by atoms with Gasteiger partial charge in [-0.3, -0.25) is 9.69 Å². The zero-order chi connectivity index (χ0) is 25.7. The SMILES string of the molecule is CC(C)Cc1cc(CNC(=O)CN2CCN(S(=O)(=O)c3ccc(F)cc3)CC2)nn1-c1ccccc1. The van der Waals surface area contributed by atoms with Gasteiger partial charge in [-0.15, -0.1) is 0 Å². The molecule has 1 fully saturated rings. The van der Waals surface area contributed by atoms with Crippen LogP contribution >= 0.6 is 0 Å². The first-order chi connectivity index (χ1) is 17.2. The molecular weight excluding hydrogens is 481 g/mol. The number of nitrogens with one attached hydrogen (secondary N) is 1.